The van der Waals surface area contributed by atoms with E-state index in [1.165, 1.54) is 7.11 Å². The van der Waals surface area contributed by atoms with Crippen LogP contribution >= 0.6 is 0 Å². The van der Waals surface area contributed by atoms with Gasteiger partial charge in [0.1, 0.15) is 6.61 Å². The number of ether oxygens (including phenoxy) is 2. The highest BCUT2D eigenvalue weighted by Gasteiger charge is 2.36. The fourth-order valence-electron chi connectivity index (χ4n) is 3.16. The Morgan fingerprint density at radius 1 is 1.16 bits per heavy atom. The minimum atomic E-state index is -0.650. The Hall–Kier alpha value is -2.87. The van der Waals surface area contributed by atoms with Crippen LogP contribution in [0.1, 0.15) is 52.6 Å². The molecule has 1 aromatic carbocycles. The van der Waals surface area contributed by atoms with Gasteiger partial charge in [0.05, 0.1) is 18.2 Å². The van der Waals surface area contributed by atoms with Crippen molar-refractivity contribution in [1.82, 2.24) is 10.2 Å². The fourth-order valence-corrected chi connectivity index (χ4v) is 3.16. The van der Waals surface area contributed by atoms with Crippen molar-refractivity contribution in [3.05, 3.63) is 41.1 Å². The van der Waals surface area contributed by atoms with Crippen molar-refractivity contribution in [2.75, 3.05) is 32.2 Å². The maximum absolute atomic E-state index is 12.9. The first-order valence-corrected chi connectivity index (χ1v) is 10.5. The third-order valence-corrected chi connectivity index (χ3v) is 4.97. The van der Waals surface area contributed by atoms with Crippen LogP contribution in [0.15, 0.2) is 35.5 Å². The molecule has 0 aliphatic carbocycles. The van der Waals surface area contributed by atoms with Crippen LogP contribution in [0.25, 0.3) is 0 Å². The molecule has 2 N–H and O–H groups in total. The standard InChI is InChI=1S/C23H33N3O5/c1-7-12-26-15(2)18(20(27)31-14-13-30-6)19(25-22(26)29)16-8-10-17(11-9-16)24-21(28)23(3,4)5/h8-11,19H,7,12-14H2,1-6H3,(H,24,28)(H,25,29)/t19-/m0/s1. The fraction of sp³-hybridized carbons (Fsp3) is 0.522. The highest BCUT2D eigenvalue weighted by atomic mass is 16.6. The van der Waals surface area contributed by atoms with Crippen LogP contribution in [0.4, 0.5) is 10.5 Å². The van der Waals surface area contributed by atoms with Crippen molar-refractivity contribution in [3.63, 3.8) is 0 Å². The number of hydrogen-bond donors (Lipinski definition) is 2. The predicted octanol–water partition coefficient (Wildman–Crippen LogP) is 3.61. The van der Waals surface area contributed by atoms with E-state index in [2.05, 4.69) is 10.6 Å². The summed E-state index contributed by atoms with van der Waals surface area (Å²) < 4.78 is 10.3. The molecule has 0 bridgehead atoms. The third-order valence-electron chi connectivity index (χ3n) is 4.97. The zero-order valence-electron chi connectivity index (χ0n) is 19.2. The molecule has 0 saturated carbocycles. The largest absolute Gasteiger partial charge is 0.460 e. The van der Waals surface area contributed by atoms with Gasteiger partial charge < -0.3 is 20.1 Å². The van der Waals surface area contributed by atoms with Crippen LogP contribution in [-0.2, 0) is 19.1 Å². The number of anilines is 1. The summed E-state index contributed by atoms with van der Waals surface area (Å²) in [4.78, 5) is 39.3. The summed E-state index contributed by atoms with van der Waals surface area (Å²) in [6.07, 6.45) is 0.754. The van der Waals surface area contributed by atoms with E-state index in [4.69, 9.17) is 9.47 Å². The molecular weight excluding hydrogens is 398 g/mol. The topological polar surface area (TPSA) is 97.0 Å². The van der Waals surface area contributed by atoms with Gasteiger partial charge in [-0.25, -0.2) is 9.59 Å². The smallest absolute Gasteiger partial charge is 0.338 e. The molecule has 31 heavy (non-hydrogen) atoms. The van der Waals surface area contributed by atoms with E-state index in [1.807, 2.05) is 27.7 Å². The first-order chi connectivity index (χ1) is 14.6. The lowest BCUT2D eigenvalue weighted by molar-refractivity contribution is -0.141. The zero-order valence-corrected chi connectivity index (χ0v) is 19.2. The molecule has 1 aromatic rings. The van der Waals surface area contributed by atoms with Crippen LogP contribution in [0.3, 0.4) is 0 Å². The predicted molar refractivity (Wildman–Crippen MR) is 118 cm³/mol. The molecule has 0 aromatic heterocycles. The van der Waals surface area contributed by atoms with E-state index in [9.17, 15) is 14.4 Å². The number of carbonyl (C=O) groups is 3. The van der Waals surface area contributed by atoms with E-state index >= 15 is 0 Å². The summed E-state index contributed by atoms with van der Waals surface area (Å²) in [5.74, 6) is -0.592. The number of carbonyl (C=O) groups excluding carboxylic acids is 3. The lowest BCUT2D eigenvalue weighted by Gasteiger charge is -2.35. The molecule has 8 nitrogen and oxygen atoms in total. The van der Waals surface area contributed by atoms with Gasteiger partial charge in [0.25, 0.3) is 0 Å². The minimum Gasteiger partial charge on any atom is -0.460 e. The number of urea groups is 1. The van der Waals surface area contributed by atoms with Crippen LogP contribution in [0.2, 0.25) is 0 Å². The monoisotopic (exact) mass is 431 g/mol. The van der Waals surface area contributed by atoms with E-state index in [0.29, 0.717) is 23.5 Å². The summed E-state index contributed by atoms with van der Waals surface area (Å²) in [5, 5.41) is 5.78. The van der Waals surface area contributed by atoms with Gasteiger partial charge in [-0.2, -0.15) is 0 Å². The van der Waals surface area contributed by atoms with Gasteiger partial charge in [-0.1, -0.05) is 39.8 Å². The molecule has 0 saturated heterocycles. The Morgan fingerprint density at radius 3 is 2.35 bits per heavy atom. The molecule has 1 atom stereocenters. The van der Waals surface area contributed by atoms with Gasteiger partial charge in [-0.05, 0) is 31.0 Å². The quantitative estimate of drug-likeness (QED) is 0.484. The molecule has 0 fully saturated rings. The second-order valence-corrected chi connectivity index (χ2v) is 8.49. The molecule has 1 heterocycles. The number of amides is 3. The summed E-state index contributed by atoms with van der Waals surface area (Å²) in [7, 11) is 1.53. The zero-order chi connectivity index (χ0) is 23.2. The molecule has 2 rings (SSSR count). The normalized spacial score (nSPS) is 16.8. The second-order valence-electron chi connectivity index (χ2n) is 8.49. The van der Waals surface area contributed by atoms with Gasteiger partial charge in [-0.15, -0.1) is 0 Å². The van der Waals surface area contributed by atoms with Gasteiger partial charge in [-0.3, -0.25) is 9.69 Å². The summed E-state index contributed by atoms with van der Waals surface area (Å²) in [6.45, 7) is 10.1. The number of rotatable bonds is 8. The number of hydrogen-bond acceptors (Lipinski definition) is 5. The highest BCUT2D eigenvalue weighted by Crippen LogP contribution is 2.32. The summed E-state index contributed by atoms with van der Waals surface area (Å²) in [5.41, 5.74) is 1.80. The van der Waals surface area contributed by atoms with Crippen molar-refractivity contribution >= 4 is 23.6 Å². The van der Waals surface area contributed by atoms with Crippen molar-refractivity contribution in [3.8, 4) is 0 Å². The van der Waals surface area contributed by atoms with E-state index in [1.54, 1.807) is 36.1 Å². The van der Waals surface area contributed by atoms with Gasteiger partial charge in [0, 0.05) is 30.5 Å². The van der Waals surface area contributed by atoms with Crippen LogP contribution in [0, 0.1) is 5.41 Å². The van der Waals surface area contributed by atoms with Gasteiger partial charge in [0.15, 0.2) is 0 Å². The molecule has 1 aliphatic rings. The number of allylic oxidation sites excluding steroid dienone is 1. The van der Waals surface area contributed by atoms with E-state index in [-0.39, 0.29) is 25.2 Å². The molecule has 3 amide bonds. The van der Waals surface area contributed by atoms with Gasteiger partial charge in [0.2, 0.25) is 5.91 Å². The van der Waals surface area contributed by atoms with Crippen LogP contribution < -0.4 is 10.6 Å². The Labute approximate surface area is 184 Å². The first kappa shape index (κ1) is 24.4. The lowest BCUT2D eigenvalue weighted by atomic mass is 9.94. The Bertz CT molecular complexity index is 840. The average molecular weight is 432 g/mol. The number of methoxy groups -OCH3 is 1. The van der Waals surface area contributed by atoms with Crippen molar-refractivity contribution in [2.45, 2.75) is 47.1 Å². The second kappa shape index (κ2) is 10.4. The average Bonchev–Trinajstić information content (AvgIpc) is 2.70. The lowest BCUT2D eigenvalue weighted by Crippen LogP contribution is -2.48. The number of nitrogens with one attached hydrogen (secondary N) is 2. The highest BCUT2D eigenvalue weighted by molar-refractivity contribution is 5.96. The molecule has 8 heteroatoms. The molecule has 0 radical (unpaired) electrons. The Balaban J connectivity index is 2.34. The SMILES string of the molecule is CCCN1C(=O)N[C@@H](c2ccc(NC(=O)C(C)(C)C)cc2)C(C(=O)OCCOC)=C1C. The molecular formula is C23H33N3O5. The van der Waals surface area contributed by atoms with Gasteiger partial charge >= 0.3 is 12.0 Å². The number of benzene rings is 1. The third kappa shape index (κ3) is 6.07. The van der Waals surface area contributed by atoms with E-state index in [0.717, 1.165) is 12.0 Å². The molecule has 1 aliphatic heterocycles. The maximum atomic E-state index is 12.9. The Morgan fingerprint density at radius 2 is 1.81 bits per heavy atom. The molecule has 0 unspecified atom stereocenters. The summed E-state index contributed by atoms with van der Waals surface area (Å²) in [6, 6.07) is 6.17. The van der Waals surface area contributed by atoms with Crippen molar-refractivity contribution in [2.24, 2.45) is 5.41 Å². The van der Waals surface area contributed by atoms with Crippen molar-refractivity contribution < 1.29 is 23.9 Å². The Kier molecular flexibility index (Phi) is 8.21. The molecule has 0 spiro atoms. The maximum Gasteiger partial charge on any atom is 0.338 e. The summed E-state index contributed by atoms with van der Waals surface area (Å²) >= 11 is 0. The number of esters is 1. The first-order valence-electron chi connectivity index (χ1n) is 10.5. The molecule has 170 valence electrons. The minimum absolute atomic E-state index is 0.0976. The number of nitrogens with zero attached hydrogens (tertiary/aromatic N) is 1. The van der Waals surface area contributed by atoms with Crippen LogP contribution in [-0.4, -0.2) is 49.7 Å². The van der Waals surface area contributed by atoms with Crippen molar-refractivity contribution in [1.29, 1.82) is 0 Å². The van der Waals surface area contributed by atoms with Crippen LogP contribution in [0.5, 0.6) is 0 Å². The van der Waals surface area contributed by atoms with E-state index < -0.39 is 17.4 Å².